The van der Waals surface area contributed by atoms with Crippen LogP contribution >= 0.6 is 23.5 Å². The summed E-state index contributed by atoms with van der Waals surface area (Å²) in [7, 11) is 0. The van der Waals surface area contributed by atoms with Gasteiger partial charge in [-0.15, -0.1) is 10.2 Å². The molecule has 0 radical (unpaired) electrons. The topological polar surface area (TPSA) is 77.1 Å². The lowest BCUT2D eigenvalue weighted by Gasteiger charge is -2.26. The van der Waals surface area contributed by atoms with Crippen molar-refractivity contribution in [2.24, 2.45) is 0 Å². The van der Waals surface area contributed by atoms with E-state index in [2.05, 4.69) is 10.2 Å². The van der Waals surface area contributed by atoms with Crippen LogP contribution in [-0.2, 0) is 6.18 Å². The monoisotopic (exact) mass is 373 g/mol. The zero-order valence-electron chi connectivity index (χ0n) is 11.5. The summed E-state index contributed by atoms with van der Waals surface area (Å²) in [6, 6.07) is 5.73. The molecule has 0 unspecified atom stereocenters. The van der Waals surface area contributed by atoms with Crippen molar-refractivity contribution < 1.29 is 18.1 Å². The fraction of sp³-hybridized carbons (Fsp3) is 0.167. The first-order valence-electron chi connectivity index (χ1n) is 6.46. The Bertz CT molecular complexity index is 865. The van der Waals surface area contributed by atoms with Gasteiger partial charge in [0.25, 0.3) is 11.5 Å². The highest BCUT2D eigenvalue weighted by molar-refractivity contribution is 8.07. The van der Waals surface area contributed by atoms with E-state index in [9.17, 15) is 23.3 Å². The number of fused-ring (bicyclic) bond motifs is 3. The molecule has 0 amide bonds. The number of nitro groups is 1. The lowest BCUT2D eigenvalue weighted by Crippen LogP contribution is -2.33. The number of hydrogen-bond acceptors (Lipinski definition) is 7. The lowest BCUT2D eigenvalue weighted by molar-refractivity contribution is -0.384. The minimum Gasteiger partial charge on any atom is -0.258 e. The van der Waals surface area contributed by atoms with Gasteiger partial charge in [-0.25, -0.2) is 4.68 Å². The molecule has 2 aliphatic rings. The van der Waals surface area contributed by atoms with Crippen LogP contribution in [0.15, 0.2) is 39.9 Å². The van der Waals surface area contributed by atoms with Gasteiger partial charge in [0, 0.05) is 17.5 Å². The highest BCUT2D eigenvalue weighted by atomic mass is 32.2. The quantitative estimate of drug-likeness (QED) is 0.589. The van der Waals surface area contributed by atoms with E-state index in [-0.39, 0.29) is 10.8 Å². The molecule has 12 heteroatoms. The van der Waals surface area contributed by atoms with E-state index >= 15 is 0 Å². The van der Waals surface area contributed by atoms with E-state index in [0.717, 1.165) is 16.4 Å². The number of thioether (sulfide) groups is 2. The van der Waals surface area contributed by atoms with Crippen LogP contribution in [0.25, 0.3) is 0 Å². The van der Waals surface area contributed by atoms with Crippen molar-refractivity contribution in [1.82, 2.24) is 14.9 Å². The Morgan fingerprint density at radius 2 is 1.92 bits per heavy atom. The van der Waals surface area contributed by atoms with Gasteiger partial charge >= 0.3 is 6.18 Å². The molecule has 1 atom stereocenters. The van der Waals surface area contributed by atoms with Crippen molar-refractivity contribution in [3.8, 4) is 0 Å². The van der Waals surface area contributed by atoms with Crippen molar-refractivity contribution in [2.75, 3.05) is 5.01 Å². The fourth-order valence-electron chi connectivity index (χ4n) is 2.40. The first-order valence-corrected chi connectivity index (χ1v) is 8.22. The van der Waals surface area contributed by atoms with Crippen molar-refractivity contribution >= 4 is 29.2 Å². The second kappa shape index (κ2) is 5.14. The zero-order valence-corrected chi connectivity index (χ0v) is 13.1. The number of non-ortho nitro benzene ring substituents is 1. The van der Waals surface area contributed by atoms with Gasteiger partial charge in [0.05, 0.1) is 4.92 Å². The normalized spacial score (nSPS) is 19.2. The second-order valence-corrected chi connectivity index (χ2v) is 6.80. The van der Waals surface area contributed by atoms with Crippen LogP contribution in [0.3, 0.4) is 0 Å². The van der Waals surface area contributed by atoms with Crippen molar-refractivity contribution in [2.45, 2.75) is 16.7 Å². The van der Waals surface area contributed by atoms with E-state index in [0.29, 0.717) is 10.6 Å². The van der Waals surface area contributed by atoms with E-state index in [4.69, 9.17) is 0 Å². The van der Waals surface area contributed by atoms with Crippen molar-refractivity contribution in [1.29, 1.82) is 0 Å². The summed E-state index contributed by atoms with van der Waals surface area (Å²) in [6.45, 7) is 0. The third kappa shape index (κ3) is 2.24. The lowest BCUT2D eigenvalue weighted by atomic mass is 10.2. The summed E-state index contributed by atoms with van der Waals surface area (Å²) in [5.74, 6) is -1.09. The van der Waals surface area contributed by atoms with Gasteiger partial charge < -0.3 is 0 Å². The van der Waals surface area contributed by atoms with Crippen LogP contribution in [0.1, 0.15) is 16.8 Å². The third-order valence-electron chi connectivity index (χ3n) is 3.41. The van der Waals surface area contributed by atoms with Crippen molar-refractivity contribution in [3.63, 3.8) is 0 Å². The Balaban J connectivity index is 1.74. The Kier molecular flexibility index (Phi) is 3.28. The van der Waals surface area contributed by atoms with E-state index in [1.807, 2.05) is 0 Å². The maximum atomic E-state index is 13.1. The molecule has 2 aliphatic heterocycles. The summed E-state index contributed by atoms with van der Waals surface area (Å²) in [6.07, 6.45) is -4.63. The molecule has 0 bridgehead atoms. The Labute approximate surface area is 140 Å². The van der Waals surface area contributed by atoms with Gasteiger partial charge in [-0.3, -0.25) is 15.1 Å². The summed E-state index contributed by atoms with van der Waals surface area (Å²) < 4.78 is 40.4. The predicted molar refractivity (Wildman–Crippen MR) is 80.6 cm³/mol. The van der Waals surface area contributed by atoms with Gasteiger partial charge in [-0.2, -0.15) is 13.2 Å². The fourth-order valence-corrected chi connectivity index (χ4v) is 4.62. The molecule has 0 N–H and O–H groups in total. The highest BCUT2D eigenvalue weighted by Crippen LogP contribution is 2.52. The smallest absolute Gasteiger partial charge is 0.258 e. The van der Waals surface area contributed by atoms with Crippen LogP contribution in [0, 0.1) is 10.1 Å². The molecular formula is C12H6F3N5O2S2. The van der Waals surface area contributed by atoms with Gasteiger partial charge in [0.1, 0.15) is 10.4 Å². The summed E-state index contributed by atoms with van der Waals surface area (Å²) in [4.78, 5) is 10.2. The molecule has 2 aromatic rings. The standard InChI is InChI=1S/C12H6F3N5O2S2/c13-12(14,15)10-16-17-11-19(10)18-8(24-11)5-23-9(18)6-1-3-7(4-2-6)20(21)22/h1-5,9H/t9-/m1/s1. The maximum absolute atomic E-state index is 13.1. The second-order valence-electron chi connectivity index (χ2n) is 4.86. The first-order chi connectivity index (χ1) is 11.4. The largest absolute Gasteiger partial charge is 0.453 e. The molecule has 3 heterocycles. The van der Waals surface area contributed by atoms with Gasteiger partial charge in [0.15, 0.2) is 0 Å². The zero-order chi connectivity index (χ0) is 17.1. The molecule has 1 aromatic heterocycles. The van der Waals surface area contributed by atoms with Gasteiger partial charge in [-0.1, -0.05) is 11.8 Å². The van der Waals surface area contributed by atoms with Gasteiger partial charge in [-0.05, 0) is 29.5 Å². The minimum atomic E-state index is -4.63. The average Bonchev–Trinajstić information content (AvgIpc) is 3.16. The summed E-state index contributed by atoms with van der Waals surface area (Å²) in [5, 5.41) is 21.0. The van der Waals surface area contributed by atoms with Crippen molar-refractivity contribution in [3.05, 3.63) is 56.2 Å². The minimum absolute atomic E-state index is 0.0771. The summed E-state index contributed by atoms with van der Waals surface area (Å²) >= 11 is 2.42. The van der Waals surface area contributed by atoms with Gasteiger partial charge in [0.2, 0.25) is 5.16 Å². The van der Waals surface area contributed by atoms with E-state index in [1.54, 1.807) is 5.41 Å². The van der Waals surface area contributed by atoms with Crippen LogP contribution in [-0.4, -0.2) is 19.8 Å². The third-order valence-corrected chi connectivity index (χ3v) is 5.60. The highest BCUT2D eigenvalue weighted by Gasteiger charge is 2.47. The Hall–Kier alpha value is -2.21. The molecule has 0 aliphatic carbocycles. The molecule has 4 rings (SSSR count). The predicted octanol–water partition coefficient (Wildman–Crippen LogP) is 3.49. The van der Waals surface area contributed by atoms with Crippen LogP contribution in [0.5, 0.6) is 0 Å². The molecule has 0 saturated heterocycles. The number of hydrogen-bond donors (Lipinski definition) is 0. The number of nitro benzene ring substituents is 1. The first kappa shape index (κ1) is 15.3. The maximum Gasteiger partial charge on any atom is 0.453 e. The van der Waals surface area contributed by atoms with Crippen LogP contribution in [0.4, 0.5) is 18.9 Å². The molecule has 7 nitrogen and oxygen atoms in total. The molecule has 1 aromatic carbocycles. The molecular weight excluding hydrogens is 367 g/mol. The SMILES string of the molecule is O=[N+]([O-])c1ccc([C@H]2SC=C3Sc4nnc(C(F)(F)F)n4N32)cc1. The number of halogens is 3. The van der Waals surface area contributed by atoms with Crippen LogP contribution in [0.2, 0.25) is 0 Å². The van der Waals surface area contributed by atoms with Crippen LogP contribution < -0.4 is 5.01 Å². The molecule has 124 valence electrons. The molecule has 0 spiro atoms. The number of benzene rings is 1. The molecule has 0 fully saturated rings. The molecule has 24 heavy (non-hydrogen) atoms. The Morgan fingerprint density at radius 3 is 2.54 bits per heavy atom. The van der Waals surface area contributed by atoms with E-state index < -0.39 is 22.3 Å². The average molecular weight is 373 g/mol. The summed E-state index contributed by atoms with van der Waals surface area (Å²) in [5.41, 5.74) is 0.568. The molecule has 0 saturated carbocycles. The number of nitrogens with zero attached hydrogens (tertiary/aromatic N) is 5. The van der Waals surface area contributed by atoms with E-state index in [1.165, 1.54) is 41.0 Å². The number of aromatic nitrogens is 3. The Morgan fingerprint density at radius 1 is 1.21 bits per heavy atom. The number of rotatable bonds is 2. The number of alkyl halides is 3.